The van der Waals surface area contributed by atoms with Crippen molar-refractivity contribution in [3.63, 3.8) is 0 Å². The van der Waals surface area contributed by atoms with Gasteiger partial charge in [0.15, 0.2) is 11.6 Å². The zero-order valence-electron chi connectivity index (χ0n) is 12.5. The van der Waals surface area contributed by atoms with Gasteiger partial charge < -0.3 is 15.0 Å². The minimum Gasteiger partial charge on any atom is -0.444 e. The highest BCUT2D eigenvalue weighted by Gasteiger charge is 2.29. The van der Waals surface area contributed by atoms with Gasteiger partial charge in [-0.25, -0.2) is 13.6 Å². The number of halogens is 2. The van der Waals surface area contributed by atoms with Crippen molar-refractivity contribution in [2.75, 3.05) is 19.6 Å². The maximum atomic E-state index is 13.8. The number of hydrogen-bond acceptors (Lipinski definition) is 3. The molecule has 1 aliphatic heterocycles. The molecule has 1 atom stereocenters. The number of hydrogen-bond donors (Lipinski definition) is 1. The fourth-order valence-electron chi connectivity index (χ4n) is 2.24. The highest BCUT2D eigenvalue weighted by atomic mass is 19.2. The quantitative estimate of drug-likeness (QED) is 0.867. The van der Waals surface area contributed by atoms with Crippen molar-refractivity contribution in [2.45, 2.75) is 32.4 Å². The number of piperazine rings is 1. The Bertz CT molecular complexity index is 529. The number of rotatable bonds is 1. The van der Waals surface area contributed by atoms with Gasteiger partial charge >= 0.3 is 6.09 Å². The van der Waals surface area contributed by atoms with Crippen molar-refractivity contribution in [2.24, 2.45) is 0 Å². The predicted molar refractivity (Wildman–Crippen MR) is 74.9 cm³/mol. The number of nitrogens with one attached hydrogen (secondary N) is 1. The number of nitrogens with zero attached hydrogens (tertiary/aromatic N) is 1. The summed E-state index contributed by atoms with van der Waals surface area (Å²) in [6, 6.07) is 3.62. The summed E-state index contributed by atoms with van der Waals surface area (Å²) in [5.74, 6) is -1.76. The third-order valence-electron chi connectivity index (χ3n) is 3.18. The SMILES string of the molecule is CC(C)(C)OC(=O)N1CCN[C@@H](c2cccc(F)c2F)C1. The Kier molecular flexibility index (Phi) is 4.46. The average molecular weight is 298 g/mol. The first-order chi connectivity index (χ1) is 9.78. The van der Waals surface area contributed by atoms with E-state index in [0.717, 1.165) is 6.07 Å². The van der Waals surface area contributed by atoms with E-state index in [4.69, 9.17) is 4.74 Å². The Morgan fingerprint density at radius 2 is 2.10 bits per heavy atom. The van der Waals surface area contributed by atoms with Gasteiger partial charge in [-0.1, -0.05) is 12.1 Å². The molecule has 116 valence electrons. The predicted octanol–water partition coefficient (Wildman–Crippen LogP) is 2.85. The highest BCUT2D eigenvalue weighted by Crippen LogP contribution is 2.23. The topological polar surface area (TPSA) is 41.6 Å². The zero-order valence-corrected chi connectivity index (χ0v) is 12.5. The summed E-state index contributed by atoms with van der Waals surface area (Å²) >= 11 is 0. The standard InChI is InChI=1S/C15H20F2N2O2/c1-15(2,3)21-14(20)19-8-7-18-12(9-19)10-5-4-6-11(16)13(10)17/h4-6,12,18H,7-9H2,1-3H3/t12-/m1/s1. The summed E-state index contributed by atoms with van der Waals surface area (Å²) in [5.41, 5.74) is -0.357. The lowest BCUT2D eigenvalue weighted by Gasteiger charge is -2.35. The van der Waals surface area contributed by atoms with Crippen LogP contribution < -0.4 is 5.32 Å². The van der Waals surface area contributed by atoms with Crippen LogP contribution >= 0.6 is 0 Å². The summed E-state index contributed by atoms with van der Waals surface area (Å²) < 4.78 is 32.4. The van der Waals surface area contributed by atoms with Crippen LogP contribution in [0.4, 0.5) is 13.6 Å². The van der Waals surface area contributed by atoms with Crippen molar-refractivity contribution >= 4 is 6.09 Å². The molecule has 1 fully saturated rings. The van der Waals surface area contributed by atoms with Crippen LogP contribution in [0.15, 0.2) is 18.2 Å². The fraction of sp³-hybridized carbons (Fsp3) is 0.533. The van der Waals surface area contributed by atoms with E-state index in [9.17, 15) is 13.6 Å². The summed E-state index contributed by atoms with van der Waals surface area (Å²) in [7, 11) is 0. The summed E-state index contributed by atoms with van der Waals surface area (Å²) in [6.45, 7) is 6.59. The first kappa shape index (κ1) is 15.7. The van der Waals surface area contributed by atoms with Gasteiger partial charge in [0.1, 0.15) is 5.60 Å². The molecule has 1 aromatic rings. The normalized spacial score (nSPS) is 19.5. The van der Waals surface area contributed by atoms with E-state index >= 15 is 0 Å². The second-order valence-electron chi connectivity index (χ2n) is 6.08. The van der Waals surface area contributed by atoms with E-state index < -0.39 is 29.4 Å². The van der Waals surface area contributed by atoms with Crippen molar-refractivity contribution in [1.29, 1.82) is 0 Å². The van der Waals surface area contributed by atoms with Gasteiger partial charge in [-0.15, -0.1) is 0 Å². The van der Waals surface area contributed by atoms with Gasteiger partial charge in [-0.05, 0) is 26.8 Å². The Morgan fingerprint density at radius 3 is 2.76 bits per heavy atom. The Morgan fingerprint density at radius 1 is 1.38 bits per heavy atom. The van der Waals surface area contributed by atoms with Crippen LogP contribution in [0.2, 0.25) is 0 Å². The molecule has 6 heteroatoms. The minimum absolute atomic E-state index is 0.225. The third-order valence-corrected chi connectivity index (χ3v) is 3.18. The van der Waals surface area contributed by atoms with E-state index in [1.807, 2.05) is 0 Å². The van der Waals surface area contributed by atoms with Crippen LogP contribution in [0, 0.1) is 11.6 Å². The van der Waals surface area contributed by atoms with Gasteiger partial charge in [0.2, 0.25) is 0 Å². The second kappa shape index (κ2) is 5.97. The van der Waals surface area contributed by atoms with Crippen LogP contribution in [0.1, 0.15) is 32.4 Å². The maximum Gasteiger partial charge on any atom is 0.410 e. The summed E-state index contributed by atoms with van der Waals surface area (Å²) in [5, 5.41) is 3.10. The molecule has 1 amide bonds. The van der Waals surface area contributed by atoms with Crippen LogP contribution in [0.25, 0.3) is 0 Å². The molecule has 0 aromatic heterocycles. The van der Waals surface area contributed by atoms with Crippen molar-refractivity contribution in [1.82, 2.24) is 10.2 Å². The molecule has 0 aliphatic carbocycles. The van der Waals surface area contributed by atoms with Crippen molar-refractivity contribution < 1.29 is 18.3 Å². The molecule has 4 nitrogen and oxygen atoms in total. The Labute approximate surface area is 123 Å². The van der Waals surface area contributed by atoms with Gasteiger partial charge in [0.25, 0.3) is 0 Å². The number of amides is 1. The lowest BCUT2D eigenvalue weighted by molar-refractivity contribution is 0.0193. The lowest BCUT2D eigenvalue weighted by atomic mass is 10.0. The van der Waals surface area contributed by atoms with Crippen LogP contribution in [-0.4, -0.2) is 36.2 Å². The number of ether oxygens (including phenoxy) is 1. The van der Waals surface area contributed by atoms with Crippen molar-refractivity contribution in [3.8, 4) is 0 Å². The number of carbonyl (C=O) groups excluding carboxylic acids is 1. The molecular formula is C15H20F2N2O2. The van der Waals surface area contributed by atoms with Crippen molar-refractivity contribution in [3.05, 3.63) is 35.4 Å². The van der Waals surface area contributed by atoms with Crippen LogP contribution in [0.5, 0.6) is 0 Å². The molecule has 0 bridgehead atoms. The van der Waals surface area contributed by atoms with E-state index in [1.54, 1.807) is 20.8 Å². The highest BCUT2D eigenvalue weighted by molar-refractivity contribution is 5.68. The molecule has 21 heavy (non-hydrogen) atoms. The smallest absolute Gasteiger partial charge is 0.410 e. The second-order valence-corrected chi connectivity index (χ2v) is 6.08. The zero-order chi connectivity index (χ0) is 15.6. The number of carbonyl (C=O) groups is 1. The minimum atomic E-state index is -0.885. The summed E-state index contributed by atoms with van der Waals surface area (Å²) in [6.07, 6.45) is -0.439. The fourth-order valence-corrected chi connectivity index (χ4v) is 2.24. The monoisotopic (exact) mass is 298 g/mol. The molecule has 1 aromatic carbocycles. The maximum absolute atomic E-state index is 13.8. The molecule has 0 saturated carbocycles. The van der Waals surface area contributed by atoms with Gasteiger partial charge in [0, 0.05) is 25.2 Å². The molecule has 0 unspecified atom stereocenters. The van der Waals surface area contributed by atoms with Gasteiger partial charge in [-0.2, -0.15) is 0 Å². The average Bonchev–Trinajstić information content (AvgIpc) is 2.40. The first-order valence-electron chi connectivity index (χ1n) is 6.93. The van der Waals surface area contributed by atoms with E-state index in [0.29, 0.717) is 13.1 Å². The molecule has 0 radical (unpaired) electrons. The largest absolute Gasteiger partial charge is 0.444 e. The molecular weight excluding hydrogens is 278 g/mol. The van der Waals surface area contributed by atoms with Crippen LogP contribution in [0.3, 0.4) is 0 Å². The van der Waals surface area contributed by atoms with E-state index in [1.165, 1.54) is 17.0 Å². The number of benzene rings is 1. The molecule has 1 aliphatic rings. The third kappa shape index (κ3) is 3.91. The van der Waals surface area contributed by atoms with E-state index in [-0.39, 0.29) is 12.1 Å². The first-order valence-corrected chi connectivity index (χ1v) is 6.93. The summed E-state index contributed by atoms with van der Waals surface area (Å²) in [4.78, 5) is 13.6. The Balaban J connectivity index is 2.10. The molecule has 1 saturated heterocycles. The van der Waals surface area contributed by atoms with E-state index in [2.05, 4.69) is 5.32 Å². The van der Waals surface area contributed by atoms with Gasteiger partial charge in [0.05, 0.1) is 6.04 Å². The van der Waals surface area contributed by atoms with Crippen LogP contribution in [-0.2, 0) is 4.74 Å². The Hall–Kier alpha value is -1.69. The molecule has 1 heterocycles. The molecule has 1 N–H and O–H groups in total. The lowest BCUT2D eigenvalue weighted by Crippen LogP contribution is -2.49. The molecule has 0 spiro atoms. The molecule has 2 rings (SSSR count). The van der Waals surface area contributed by atoms with Gasteiger partial charge in [-0.3, -0.25) is 0 Å².